The van der Waals surface area contributed by atoms with Gasteiger partial charge in [0.05, 0.1) is 35.2 Å². The Bertz CT molecular complexity index is 1370. The molecule has 1 unspecified atom stereocenters. The lowest BCUT2D eigenvalue weighted by Crippen LogP contribution is -2.38. The predicted octanol–water partition coefficient (Wildman–Crippen LogP) is 2.70. The first-order valence-electron chi connectivity index (χ1n) is 11.0. The summed E-state index contributed by atoms with van der Waals surface area (Å²) in [5.74, 6) is 0.567. The van der Waals surface area contributed by atoms with Crippen molar-refractivity contribution in [3.05, 3.63) is 58.5 Å². The van der Waals surface area contributed by atoms with E-state index in [9.17, 15) is 9.59 Å². The third-order valence-electron chi connectivity index (χ3n) is 5.64. The first-order chi connectivity index (χ1) is 16.5. The van der Waals surface area contributed by atoms with E-state index in [1.807, 2.05) is 42.7 Å². The van der Waals surface area contributed by atoms with Crippen molar-refractivity contribution >= 4 is 40.3 Å². The Morgan fingerprint density at radius 3 is 2.59 bits per heavy atom. The maximum Gasteiger partial charge on any atom is 0.323 e. The van der Waals surface area contributed by atoms with Crippen LogP contribution in [0.3, 0.4) is 0 Å². The fourth-order valence-corrected chi connectivity index (χ4v) is 4.65. The summed E-state index contributed by atoms with van der Waals surface area (Å²) in [6, 6.07) is 13.4. The summed E-state index contributed by atoms with van der Waals surface area (Å²) in [6.07, 6.45) is 0. The van der Waals surface area contributed by atoms with Crippen LogP contribution in [0.15, 0.2) is 52.4 Å². The zero-order valence-electron chi connectivity index (χ0n) is 18.9. The lowest BCUT2D eigenvalue weighted by Gasteiger charge is -2.28. The summed E-state index contributed by atoms with van der Waals surface area (Å²) in [5, 5.41) is 12.0. The first kappa shape index (κ1) is 22.2. The highest BCUT2D eigenvalue weighted by Gasteiger charge is 2.25. The molecule has 0 radical (unpaired) electrons. The van der Waals surface area contributed by atoms with Crippen LogP contribution >= 0.6 is 11.8 Å². The van der Waals surface area contributed by atoms with Crippen LogP contribution in [0.25, 0.3) is 16.7 Å². The quantitative estimate of drug-likeness (QED) is 0.364. The molecule has 11 heteroatoms. The highest BCUT2D eigenvalue weighted by Crippen LogP contribution is 2.30. The van der Waals surface area contributed by atoms with Crippen LogP contribution in [-0.2, 0) is 9.53 Å². The predicted molar refractivity (Wildman–Crippen MR) is 132 cm³/mol. The highest BCUT2D eigenvalue weighted by atomic mass is 32.2. The molecule has 34 heavy (non-hydrogen) atoms. The summed E-state index contributed by atoms with van der Waals surface area (Å²) in [4.78, 5) is 32.0. The highest BCUT2D eigenvalue weighted by molar-refractivity contribution is 8.00. The van der Waals surface area contributed by atoms with Crippen LogP contribution in [0.2, 0.25) is 0 Å². The van der Waals surface area contributed by atoms with Crippen molar-refractivity contribution in [2.45, 2.75) is 24.3 Å². The number of H-pyrrole nitrogens is 2. The molecule has 5 rings (SSSR count). The Morgan fingerprint density at radius 2 is 1.82 bits per heavy atom. The number of anilines is 2. The van der Waals surface area contributed by atoms with Crippen molar-refractivity contribution in [1.29, 1.82) is 0 Å². The minimum Gasteiger partial charge on any atom is -0.378 e. The summed E-state index contributed by atoms with van der Waals surface area (Å²) in [7, 11) is 0. The van der Waals surface area contributed by atoms with Crippen molar-refractivity contribution in [2.75, 3.05) is 36.5 Å². The van der Waals surface area contributed by atoms with Gasteiger partial charge in [0.1, 0.15) is 0 Å². The van der Waals surface area contributed by atoms with Gasteiger partial charge in [0, 0.05) is 18.8 Å². The number of morpholine rings is 1. The number of imidazole rings is 1. The van der Waals surface area contributed by atoms with Crippen LogP contribution in [0.5, 0.6) is 0 Å². The standard InChI is InChI=1S/C23H25N7O3S/c1-14-3-6-17(7-4-14)30-22(29-9-11-33-12-10-29)27-28-23(30)34-15(2)20(31)24-16-5-8-18-19(13-16)26-21(32)25-18/h3-8,13,15H,9-12H2,1-2H3,(H,24,31)(H2,25,26,32). The molecule has 1 fully saturated rings. The van der Waals surface area contributed by atoms with E-state index in [1.54, 1.807) is 18.2 Å². The van der Waals surface area contributed by atoms with Crippen LogP contribution in [-0.4, -0.2) is 62.2 Å². The van der Waals surface area contributed by atoms with Crippen molar-refractivity contribution in [1.82, 2.24) is 24.7 Å². The fraction of sp³-hybridized carbons (Fsp3) is 0.304. The molecule has 0 bridgehead atoms. The molecule has 1 amide bonds. The number of amides is 1. The number of hydrogen-bond acceptors (Lipinski definition) is 7. The number of carbonyl (C=O) groups is 1. The minimum absolute atomic E-state index is 0.173. The third-order valence-corrected chi connectivity index (χ3v) is 6.68. The summed E-state index contributed by atoms with van der Waals surface area (Å²) in [5.41, 5.74) is 3.74. The summed E-state index contributed by atoms with van der Waals surface area (Å²) < 4.78 is 7.49. The van der Waals surface area contributed by atoms with Gasteiger partial charge in [-0.3, -0.25) is 9.36 Å². The van der Waals surface area contributed by atoms with E-state index in [0.29, 0.717) is 35.1 Å². The van der Waals surface area contributed by atoms with Gasteiger partial charge in [0.15, 0.2) is 5.16 Å². The van der Waals surface area contributed by atoms with E-state index < -0.39 is 5.25 Å². The number of fused-ring (bicyclic) bond motifs is 1. The Balaban J connectivity index is 1.38. The number of aryl methyl sites for hydroxylation is 1. The molecule has 10 nitrogen and oxygen atoms in total. The molecule has 3 N–H and O–H groups in total. The van der Waals surface area contributed by atoms with E-state index in [-0.39, 0.29) is 11.6 Å². The topological polar surface area (TPSA) is 121 Å². The van der Waals surface area contributed by atoms with Gasteiger partial charge >= 0.3 is 5.69 Å². The molecule has 1 saturated heterocycles. The molecule has 0 aliphatic carbocycles. The van der Waals surface area contributed by atoms with E-state index in [1.165, 1.54) is 11.8 Å². The lowest BCUT2D eigenvalue weighted by molar-refractivity contribution is -0.115. The Labute approximate surface area is 199 Å². The van der Waals surface area contributed by atoms with Gasteiger partial charge in [0.2, 0.25) is 11.9 Å². The van der Waals surface area contributed by atoms with Crippen molar-refractivity contribution in [2.24, 2.45) is 0 Å². The van der Waals surface area contributed by atoms with E-state index in [0.717, 1.165) is 30.3 Å². The maximum atomic E-state index is 13.0. The van der Waals surface area contributed by atoms with E-state index >= 15 is 0 Å². The Hall–Kier alpha value is -3.57. The smallest absolute Gasteiger partial charge is 0.323 e. The van der Waals surface area contributed by atoms with Gasteiger partial charge in [0.25, 0.3) is 0 Å². The Morgan fingerprint density at radius 1 is 1.09 bits per heavy atom. The second-order valence-electron chi connectivity index (χ2n) is 8.14. The fourth-order valence-electron chi connectivity index (χ4n) is 3.79. The summed E-state index contributed by atoms with van der Waals surface area (Å²) >= 11 is 1.34. The van der Waals surface area contributed by atoms with Crippen LogP contribution in [0.1, 0.15) is 12.5 Å². The molecule has 2 aromatic carbocycles. The number of aromatic nitrogens is 5. The lowest BCUT2D eigenvalue weighted by atomic mass is 10.2. The molecule has 1 aliphatic rings. The number of benzene rings is 2. The third kappa shape index (κ3) is 4.57. The molecular weight excluding hydrogens is 454 g/mol. The van der Waals surface area contributed by atoms with Crippen LogP contribution in [0, 0.1) is 6.92 Å². The van der Waals surface area contributed by atoms with Gasteiger partial charge in [-0.1, -0.05) is 29.5 Å². The maximum absolute atomic E-state index is 13.0. The summed E-state index contributed by atoms with van der Waals surface area (Å²) in [6.45, 7) is 6.61. The van der Waals surface area contributed by atoms with Gasteiger partial charge < -0.3 is 24.9 Å². The molecule has 1 atom stereocenters. The normalized spacial score (nSPS) is 14.9. The van der Waals surface area contributed by atoms with Gasteiger partial charge in [-0.2, -0.15) is 0 Å². The van der Waals surface area contributed by atoms with Gasteiger partial charge in [-0.15, -0.1) is 10.2 Å². The van der Waals surface area contributed by atoms with Crippen LogP contribution in [0.4, 0.5) is 11.6 Å². The van der Waals surface area contributed by atoms with E-state index in [4.69, 9.17) is 4.74 Å². The monoisotopic (exact) mass is 479 g/mol. The minimum atomic E-state index is -0.438. The van der Waals surface area contributed by atoms with Crippen molar-refractivity contribution in [3.8, 4) is 5.69 Å². The molecule has 176 valence electrons. The van der Waals surface area contributed by atoms with Gasteiger partial charge in [-0.05, 0) is 44.2 Å². The number of nitrogens with zero attached hydrogens (tertiary/aromatic N) is 4. The van der Waals surface area contributed by atoms with Crippen molar-refractivity contribution in [3.63, 3.8) is 0 Å². The molecule has 2 aromatic heterocycles. The average molecular weight is 480 g/mol. The Kier molecular flexibility index (Phi) is 6.12. The average Bonchev–Trinajstić information content (AvgIpc) is 3.42. The first-order valence-corrected chi connectivity index (χ1v) is 11.9. The van der Waals surface area contributed by atoms with Gasteiger partial charge in [-0.25, -0.2) is 4.79 Å². The zero-order valence-corrected chi connectivity index (χ0v) is 19.7. The zero-order chi connectivity index (χ0) is 23.7. The number of nitrogens with one attached hydrogen (secondary N) is 3. The number of thioether (sulfide) groups is 1. The second kappa shape index (κ2) is 9.35. The molecule has 1 aliphatic heterocycles. The van der Waals surface area contributed by atoms with E-state index in [2.05, 4.69) is 30.4 Å². The number of ether oxygens (including phenoxy) is 1. The molecule has 3 heterocycles. The van der Waals surface area contributed by atoms with Crippen molar-refractivity contribution < 1.29 is 9.53 Å². The number of carbonyl (C=O) groups excluding carboxylic acids is 1. The SMILES string of the molecule is Cc1ccc(-n2c(SC(C)C(=O)Nc3ccc4[nH]c(=O)[nH]c4c3)nnc2N2CCOCC2)cc1. The molecular formula is C23H25N7O3S. The second-order valence-corrected chi connectivity index (χ2v) is 9.45. The molecule has 4 aromatic rings. The molecule has 0 saturated carbocycles. The van der Waals surface area contributed by atoms with Crippen LogP contribution < -0.4 is 15.9 Å². The largest absolute Gasteiger partial charge is 0.378 e. The molecule has 0 spiro atoms. The number of rotatable bonds is 6. The number of aromatic amines is 2. The number of hydrogen-bond donors (Lipinski definition) is 3.